The maximum atomic E-state index is 6.35. The Morgan fingerprint density at radius 2 is 2.21 bits per heavy atom. The highest BCUT2D eigenvalue weighted by Gasteiger charge is 2.43. The van der Waals surface area contributed by atoms with Crippen LogP contribution in [0, 0.1) is 0 Å². The first-order valence-electron chi connectivity index (χ1n) is 6.93. The van der Waals surface area contributed by atoms with Crippen molar-refractivity contribution in [2.24, 2.45) is 5.73 Å². The number of hydrogen-bond acceptors (Lipinski definition) is 3. The van der Waals surface area contributed by atoms with Crippen LogP contribution in [-0.4, -0.2) is 30.1 Å². The van der Waals surface area contributed by atoms with Crippen molar-refractivity contribution in [3.8, 4) is 5.75 Å². The SMILES string of the molecule is CC1CC2(CCN1C)CC(N)c1cc(Cl)ccc1O2. The van der Waals surface area contributed by atoms with Gasteiger partial charge in [0.2, 0.25) is 0 Å². The lowest BCUT2D eigenvalue weighted by Crippen LogP contribution is -2.53. The molecule has 3 unspecified atom stereocenters. The van der Waals surface area contributed by atoms with Crippen LogP contribution in [0.25, 0.3) is 0 Å². The zero-order chi connectivity index (χ0) is 13.6. The number of rotatable bonds is 0. The summed E-state index contributed by atoms with van der Waals surface area (Å²) >= 11 is 6.04. The Morgan fingerprint density at radius 1 is 1.42 bits per heavy atom. The van der Waals surface area contributed by atoms with Crippen LogP contribution >= 0.6 is 11.6 Å². The smallest absolute Gasteiger partial charge is 0.125 e. The van der Waals surface area contributed by atoms with Gasteiger partial charge in [-0.25, -0.2) is 0 Å². The molecule has 1 saturated heterocycles. The summed E-state index contributed by atoms with van der Waals surface area (Å²) in [5.41, 5.74) is 7.30. The Kier molecular flexibility index (Phi) is 3.24. The minimum absolute atomic E-state index is 0.0260. The third-order valence-electron chi connectivity index (χ3n) is 4.63. The summed E-state index contributed by atoms with van der Waals surface area (Å²) in [6.07, 6.45) is 2.97. The lowest BCUT2D eigenvalue weighted by atomic mass is 9.78. The van der Waals surface area contributed by atoms with Crippen LogP contribution in [0.2, 0.25) is 5.02 Å². The lowest BCUT2D eigenvalue weighted by Gasteiger charge is -2.48. The molecule has 0 aromatic heterocycles. The first-order chi connectivity index (χ1) is 8.99. The quantitative estimate of drug-likeness (QED) is 0.794. The molecule has 0 saturated carbocycles. The Hall–Kier alpha value is -0.770. The summed E-state index contributed by atoms with van der Waals surface area (Å²) in [5, 5.41) is 0.727. The minimum atomic E-state index is -0.0911. The number of piperidine rings is 1. The standard InChI is InChI=1S/C15H21ClN2O/c1-10-8-15(5-6-18(10)2)9-13(17)12-7-11(16)3-4-14(12)19-15/h3-4,7,10,13H,5-6,8-9,17H2,1-2H3. The first-order valence-corrected chi connectivity index (χ1v) is 7.31. The van der Waals surface area contributed by atoms with E-state index in [0.717, 1.165) is 42.1 Å². The van der Waals surface area contributed by atoms with Gasteiger partial charge >= 0.3 is 0 Å². The molecule has 0 amide bonds. The number of nitrogens with two attached hydrogens (primary N) is 1. The maximum absolute atomic E-state index is 6.35. The Morgan fingerprint density at radius 3 is 2.95 bits per heavy atom. The molecular weight excluding hydrogens is 260 g/mol. The van der Waals surface area contributed by atoms with Crippen LogP contribution < -0.4 is 10.5 Å². The molecule has 2 N–H and O–H groups in total. The lowest BCUT2D eigenvalue weighted by molar-refractivity contribution is -0.0357. The van der Waals surface area contributed by atoms with E-state index >= 15 is 0 Å². The summed E-state index contributed by atoms with van der Waals surface area (Å²) in [5.74, 6) is 0.917. The summed E-state index contributed by atoms with van der Waals surface area (Å²) in [4.78, 5) is 2.39. The van der Waals surface area contributed by atoms with Crippen LogP contribution in [0.15, 0.2) is 18.2 Å². The molecule has 2 heterocycles. The van der Waals surface area contributed by atoms with Crippen LogP contribution in [-0.2, 0) is 0 Å². The second kappa shape index (κ2) is 4.65. The number of hydrogen-bond donors (Lipinski definition) is 1. The zero-order valence-electron chi connectivity index (χ0n) is 11.5. The van der Waals surface area contributed by atoms with E-state index in [4.69, 9.17) is 22.1 Å². The van der Waals surface area contributed by atoms with Gasteiger partial charge in [0, 0.05) is 42.1 Å². The molecule has 1 fully saturated rings. The van der Waals surface area contributed by atoms with Crippen LogP contribution in [0.4, 0.5) is 0 Å². The fourth-order valence-electron chi connectivity index (χ4n) is 3.36. The van der Waals surface area contributed by atoms with Crippen molar-refractivity contribution in [2.75, 3.05) is 13.6 Å². The van der Waals surface area contributed by atoms with Crippen LogP contribution in [0.3, 0.4) is 0 Å². The topological polar surface area (TPSA) is 38.5 Å². The van der Waals surface area contributed by atoms with Gasteiger partial charge in [-0.05, 0) is 38.6 Å². The molecule has 2 aliphatic rings. The van der Waals surface area contributed by atoms with Gasteiger partial charge in [0.05, 0.1) is 0 Å². The van der Waals surface area contributed by atoms with Gasteiger partial charge in [0.1, 0.15) is 11.4 Å². The number of likely N-dealkylation sites (tertiary alicyclic amines) is 1. The molecule has 19 heavy (non-hydrogen) atoms. The number of ether oxygens (including phenoxy) is 1. The molecule has 3 atom stereocenters. The van der Waals surface area contributed by atoms with Crippen molar-refractivity contribution in [1.29, 1.82) is 0 Å². The van der Waals surface area contributed by atoms with Crippen molar-refractivity contribution in [3.05, 3.63) is 28.8 Å². The Balaban J connectivity index is 1.90. The number of halogens is 1. The largest absolute Gasteiger partial charge is 0.487 e. The number of nitrogens with zero attached hydrogens (tertiary/aromatic N) is 1. The van der Waals surface area contributed by atoms with Gasteiger partial charge in [-0.3, -0.25) is 0 Å². The average Bonchev–Trinajstić information content (AvgIpc) is 2.36. The molecule has 104 valence electrons. The van der Waals surface area contributed by atoms with Gasteiger partial charge in [-0.1, -0.05) is 11.6 Å². The molecule has 3 rings (SSSR count). The summed E-state index contributed by atoms with van der Waals surface area (Å²) in [7, 11) is 2.17. The van der Waals surface area contributed by atoms with Gasteiger partial charge < -0.3 is 15.4 Å². The third kappa shape index (κ3) is 2.35. The Labute approximate surface area is 119 Å². The highest BCUT2D eigenvalue weighted by molar-refractivity contribution is 6.30. The highest BCUT2D eigenvalue weighted by Crippen LogP contribution is 2.44. The molecule has 1 aromatic rings. The van der Waals surface area contributed by atoms with Crippen molar-refractivity contribution in [1.82, 2.24) is 4.90 Å². The van der Waals surface area contributed by atoms with E-state index in [0.29, 0.717) is 6.04 Å². The van der Waals surface area contributed by atoms with Crippen molar-refractivity contribution in [3.63, 3.8) is 0 Å². The van der Waals surface area contributed by atoms with E-state index < -0.39 is 0 Å². The highest BCUT2D eigenvalue weighted by atomic mass is 35.5. The van der Waals surface area contributed by atoms with Gasteiger partial charge in [-0.15, -0.1) is 0 Å². The van der Waals surface area contributed by atoms with Crippen molar-refractivity contribution >= 4 is 11.6 Å². The molecule has 2 aliphatic heterocycles. The molecule has 0 bridgehead atoms. The van der Waals surface area contributed by atoms with Gasteiger partial charge in [0.15, 0.2) is 0 Å². The second-order valence-electron chi connectivity index (χ2n) is 6.06. The molecular formula is C15H21ClN2O. The normalized spacial score (nSPS) is 34.9. The third-order valence-corrected chi connectivity index (χ3v) is 4.86. The fraction of sp³-hybridized carbons (Fsp3) is 0.600. The zero-order valence-corrected chi connectivity index (χ0v) is 12.3. The maximum Gasteiger partial charge on any atom is 0.125 e. The first kappa shape index (κ1) is 13.2. The van der Waals surface area contributed by atoms with E-state index in [1.165, 1.54) is 0 Å². The monoisotopic (exact) mass is 280 g/mol. The van der Waals surface area contributed by atoms with E-state index in [9.17, 15) is 0 Å². The minimum Gasteiger partial charge on any atom is -0.487 e. The van der Waals surface area contributed by atoms with Gasteiger partial charge in [0.25, 0.3) is 0 Å². The summed E-state index contributed by atoms with van der Waals surface area (Å²) < 4.78 is 6.34. The predicted molar refractivity (Wildman–Crippen MR) is 77.7 cm³/mol. The summed E-state index contributed by atoms with van der Waals surface area (Å²) in [6.45, 7) is 3.32. The van der Waals surface area contributed by atoms with Gasteiger partial charge in [-0.2, -0.15) is 0 Å². The fourth-order valence-corrected chi connectivity index (χ4v) is 3.54. The Bertz CT molecular complexity index is 493. The molecule has 4 heteroatoms. The molecule has 1 aromatic carbocycles. The van der Waals surface area contributed by atoms with E-state index in [-0.39, 0.29) is 11.6 Å². The van der Waals surface area contributed by atoms with E-state index in [1.54, 1.807) is 0 Å². The van der Waals surface area contributed by atoms with Crippen molar-refractivity contribution < 1.29 is 4.74 Å². The van der Waals surface area contributed by atoms with E-state index in [1.807, 2.05) is 18.2 Å². The average molecular weight is 281 g/mol. The number of benzene rings is 1. The predicted octanol–water partition coefficient (Wildman–Crippen LogP) is 2.98. The summed E-state index contributed by atoms with van der Waals surface area (Å²) in [6, 6.07) is 6.34. The molecule has 1 spiro atoms. The van der Waals surface area contributed by atoms with E-state index in [2.05, 4.69) is 18.9 Å². The van der Waals surface area contributed by atoms with Crippen molar-refractivity contribution in [2.45, 2.75) is 43.9 Å². The van der Waals surface area contributed by atoms with Crippen LogP contribution in [0.5, 0.6) is 5.75 Å². The molecule has 3 nitrogen and oxygen atoms in total. The molecule has 0 radical (unpaired) electrons. The van der Waals surface area contributed by atoms with Crippen LogP contribution in [0.1, 0.15) is 37.8 Å². The molecule has 0 aliphatic carbocycles. The number of fused-ring (bicyclic) bond motifs is 1. The second-order valence-corrected chi connectivity index (χ2v) is 6.50.